The first-order valence-electron chi connectivity index (χ1n) is 11.0. The zero-order valence-electron chi connectivity index (χ0n) is 17.9. The number of hydrogen-bond donors (Lipinski definition) is 2. The summed E-state index contributed by atoms with van der Waals surface area (Å²) in [7, 11) is 0. The van der Waals surface area contributed by atoms with Crippen LogP contribution in [0.15, 0.2) is 18.2 Å². The highest BCUT2D eigenvalue weighted by atomic mass is 16.2. The van der Waals surface area contributed by atoms with E-state index in [2.05, 4.69) is 30.1 Å². The average Bonchev–Trinajstić information content (AvgIpc) is 3.04. The standard InChI is InChI=1S/C23H32N4O3/c1-23(2,14-24)17-7-9-26(10-8-17)12-15-3-4-18-16(11-15)13-27(22(18)30)19-5-6-20(28)25-21(19)29/h3-4,11,17,19H,5-10,12-14,24H2,1-2H3,(H,25,28,29). The predicted molar refractivity (Wildman–Crippen MR) is 113 cm³/mol. The van der Waals surface area contributed by atoms with E-state index in [0.717, 1.165) is 44.6 Å². The number of rotatable bonds is 5. The van der Waals surface area contributed by atoms with Gasteiger partial charge in [0.25, 0.3) is 5.91 Å². The number of fused-ring (bicyclic) bond motifs is 1. The van der Waals surface area contributed by atoms with Crippen LogP contribution >= 0.6 is 0 Å². The molecule has 7 heteroatoms. The fraction of sp³-hybridized carbons (Fsp3) is 0.609. The van der Waals surface area contributed by atoms with Crippen molar-refractivity contribution >= 4 is 17.7 Å². The molecule has 0 bridgehead atoms. The first-order chi connectivity index (χ1) is 14.3. The van der Waals surface area contributed by atoms with Crippen LogP contribution in [-0.2, 0) is 22.7 Å². The van der Waals surface area contributed by atoms with E-state index in [0.29, 0.717) is 24.4 Å². The Morgan fingerprint density at radius 1 is 1.13 bits per heavy atom. The topological polar surface area (TPSA) is 95.7 Å². The monoisotopic (exact) mass is 412 g/mol. The van der Waals surface area contributed by atoms with Crippen LogP contribution in [0.4, 0.5) is 0 Å². The minimum absolute atomic E-state index is 0.115. The van der Waals surface area contributed by atoms with Crippen molar-refractivity contribution in [3.05, 3.63) is 34.9 Å². The molecular weight excluding hydrogens is 380 g/mol. The predicted octanol–water partition coefficient (Wildman–Crippen LogP) is 1.64. The molecular formula is C23H32N4O3. The van der Waals surface area contributed by atoms with Crippen molar-refractivity contribution in [2.75, 3.05) is 19.6 Å². The summed E-state index contributed by atoms with van der Waals surface area (Å²) in [6, 6.07) is 5.47. The van der Waals surface area contributed by atoms with E-state index in [9.17, 15) is 14.4 Å². The fourth-order valence-electron chi connectivity index (χ4n) is 5.02. The number of piperidine rings is 2. The molecule has 0 aliphatic carbocycles. The molecule has 1 aromatic carbocycles. The van der Waals surface area contributed by atoms with Crippen LogP contribution in [0.2, 0.25) is 0 Å². The molecule has 3 aliphatic rings. The number of hydrogen-bond acceptors (Lipinski definition) is 5. The molecule has 3 aliphatic heterocycles. The molecule has 3 amide bonds. The van der Waals surface area contributed by atoms with E-state index in [-0.39, 0.29) is 29.6 Å². The van der Waals surface area contributed by atoms with E-state index < -0.39 is 6.04 Å². The van der Waals surface area contributed by atoms with Gasteiger partial charge in [-0.05, 0) is 67.4 Å². The molecule has 162 valence electrons. The van der Waals surface area contributed by atoms with Crippen molar-refractivity contribution in [2.45, 2.75) is 58.7 Å². The molecule has 7 nitrogen and oxygen atoms in total. The highest BCUT2D eigenvalue weighted by Crippen LogP contribution is 2.35. The van der Waals surface area contributed by atoms with Gasteiger partial charge in [0.2, 0.25) is 11.8 Å². The zero-order valence-corrected chi connectivity index (χ0v) is 17.9. The van der Waals surface area contributed by atoms with Crippen molar-refractivity contribution in [1.82, 2.24) is 15.1 Å². The molecule has 3 heterocycles. The Morgan fingerprint density at radius 2 is 1.87 bits per heavy atom. The number of imide groups is 1. The molecule has 2 fully saturated rings. The van der Waals surface area contributed by atoms with Crippen LogP contribution < -0.4 is 11.1 Å². The van der Waals surface area contributed by atoms with Crippen LogP contribution in [0.5, 0.6) is 0 Å². The number of nitrogens with zero attached hydrogens (tertiary/aromatic N) is 2. The molecule has 30 heavy (non-hydrogen) atoms. The second-order valence-corrected chi connectivity index (χ2v) is 9.63. The normalized spacial score (nSPS) is 23.6. The maximum atomic E-state index is 12.8. The largest absolute Gasteiger partial charge is 0.330 e. The Morgan fingerprint density at radius 3 is 2.53 bits per heavy atom. The second-order valence-electron chi connectivity index (χ2n) is 9.63. The van der Waals surface area contributed by atoms with Crippen LogP contribution in [0.3, 0.4) is 0 Å². The summed E-state index contributed by atoms with van der Waals surface area (Å²) in [5.74, 6) is -0.0772. The smallest absolute Gasteiger partial charge is 0.255 e. The van der Waals surface area contributed by atoms with Gasteiger partial charge in [0.05, 0.1) is 0 Å². The summed E-state index contributed by atoms with van der Waals surface area (Å²) in [6.07, 6.45) is 3.00. The Bertz CT molecular complexity index is 858. The summed E-state index contributed by atoms with van der Waals surface area (Å²) in [4.78, 5) is 40.5. The van der Waals surface area contributed by atoms with Gasteiger partial charge in [-0.2, -0.15) is 0 Å². The van der Waals surface area contributed by atoms with E-state index in [1.807, 2.05) is 12.1 Å². The molecule has 4 rings (SSSR count). The van der Waals surface area contributed by atoms with Crippen LogP contribution in [0.25, 0.3) is 0 Å². The van der Waals surface area contributed by atoms with Crippen molar-refractivity contribution in [3.63, 3.8) is 0 Å². The third-order valence-electron chi connectivity index (χ3n) is 7.21. The van der Waals surface area contributed by atoms with Gasteiger partial charge in [-0.25, -0.2) is 0 Å². The van der Waals surface area contributed by atoms with Gasteiger partial charge >= 0.3 is 0 Å². The first kappa shape index (κ1) is 21.0. The van der Waals surface area contributed by atoms with E-state index in [1.54, 1.807) is 4.90 Å². The van der Waals surface area contributed by atoms with Gasteiger partial charge in [0.1, 0.15) is 6.04 Å². The van der Waals surface area contributed by atoms with Crippen molar-refractivity contribution in [1.29, 1.82) is 0 Å². The van der Waals surface area contributed by atoms with Gasteiger partial charge < -0.3 is 10.6 Å². The fourth-order valence-corrected chi connectivity index (χ4v) is 5.02. The van der Waals surface area contributed by atoms with E-state index >= 15 is 0 Å². The van der Waals surface area contributed by atoms with Crippen molar-refractivity contribution in [2.24, 2.45) is 17.1 Å². The summed E-state index contributed by atoms with van der Waals surface area (Å²) in [5.41, 5.74) is 8.99. The highest BCUT2D eigenvalue weighted by molar-refractivity contribution is 6.05. The number of nitrogens with one attached hydrogen (secondary N) is 1. The molecule has 3 N–H and O–H groups in total. The minimum atomic E-state index is -0.559. The zero-order chi connectivity index (χ0) is 21.5. The third-order valence-corrected chi connectivity index (χ3v) is 7.21. The van der Waals surface area contributed by atoms with Crippen molar-refractivity contribution in [3.8, 4) is 0 Å². The number of nitrogens with two attached hydrogens (primary N) is 1. The maximum Gasteiger partial charge on any atom is 0.255 e. The minimum Gasteiger partial charge on any atom is -0.330 e. The molecule has 0 radical (unpaired) electrons. The van der Waals surface area contributed by atoms with Crippen LogP contribution in [0, 0.1) is 11.3 Å². The lowest BCUT2D eigenvalue weighted by Gasteiger charge is -2.40. The Hall–Kier alpha value is -2.25. The third kappa shape index (κ3) is 4.01. The first-order valence-corrected chi connectivity index (χ1v) is 11.0. The molecule has 0 spiro atoms. The summed E-state index contributed by atoms with van der Waals surface area (Å²) < 4.78 is 0. The lowest BCUT2D eigenvalue weighted by molar-refractivity contribution is -0.136. The van der Waals surface area contributed by atoms with Gasteiger partial charge in [-0.15, -0.1) is 0 Å². The van der Waals surface area contributed by atoms with Gasteiger partial charge in [0.15, 0.2) is 0 Å². The molecule has 1 aromatic rings. The summed E-state index contributed by atoms with van der Waals surface area (Å²) in [5, 5.41) is 2.35. The molecule has 0 saturated carbocycles. The molecule has 2 saturated heterocycles. The average molecular weight is 413 g/mol. The Kier molecular flexibility index (Phi) is 5.68. The maximum absolute atomic E-state index is 12.8. The molecule has 1 unspecified atom stereocenters. The Balaban J connectivity index is 1.39. The highest BCUT2D eigenvalue weighted by Gasteiger charge is 2.39. The summed E-state index contributed by atoms with van der Waals surface area (Å²) >= 11 is 0. The quantitative estimate of drug-likeness (QED) is 0.717. The van der Waals surface area contributed by atoms with E-state index in [4.69, 9.17) is 5.73 Å². The van der Waals surface area contributed by atoms with Crippen molar-refractivity contribution < 1.29 is 14.4 Å². The lowest BCUT2D eigenvalue weighted by atomic mass is 9.74. The van der Waals surface area contributed by atoms with Crippen LogP contribution in [0.1, 0.15) is 61.0 Å². The Labute approximate surface area is 178 Å². The SMILES string of the molecule is CC(C)(CN)C1CCN(Cc2ccc3c(c2)CN(C2CCC(=O)NC2=O)C3=O)CC1. The second kappa shape index (κ2) is 8.12. The number of amides is 3. The van der Waals surface area contributed by atoms with Gasteiger partial charge in [-0.3, -0.25) is 24.6 Å². The molecule has 0 aromatic heterocycles. The lowest BCUT2D eigenvalue weighted by Crippen LogP contribution is -2.52. The van der Waals surface area contributed by atoms with Gasteiger partial charge in [-0.1, -0.05) is 26.0 Å². The number of likely N-dealkylation sites (tertiary alicyclic amines) is 1. The van der Waals surface area contributed by atoms with E-state index in [1.165, 1.54) is 5.56 Å². The van der Waals surface area contributed by atoms with Crippen LogP contribution in [-0.4, -0.2) is 53.2 Å². The number of carbonyl (C=O) groups is 3. The summed E-state index contributed by atoms with van der Waals surface area (Å²) in [6.45, 7) is 8.67. The number of benzene rings is 1. The molecule has 1 atom stereocenters. The van der Waals surface area contributed by atoms with Gasteiger partial charge in [0, 0.05) is 25.1 Å². The number of carbonyl (C=O) groups excluding carboxylic acids is 3.